The van der Waals surface area contributed by atoms with Crippen LogP contribution in [-0.2, 0) is 6.61 Å². The summed E-state index contributed by atoms with van der Waals surface area (Å²) in [5.41, 5.74) is 8.07. The summed E-state index contributed by atoms with van der Waals surface area (Å²) in [6.07, 6.45) is 1.76. The van der Waals surface area contributed by atoms with E-state index in [2.05, 4.69) is 24.9 Å². The van der Waals surface area contributed by atoms with Gasteiger partial charge in [-0.2, -0.15) is 4.98 Å². The third kappa shape index (κ3) is 4.64. The molecule has 0 unspecified atom stereocenters. The number of pyridine rings is 1. The van der Waals surface area contributed by atoms with Gasteiger partial charge in [0.2, 0.25) is 11.8 Å². The highest BCUT2D eigenvalue weighted by Gasteiger charge is 2.21. The molecule has 32 heavy (non-hydrogen) atoms. The van der Waals surface area contributed by atoms with Gasteiger partial charge in [0, 0.05) is 29.2 Å². The van der Waals surface area contributed by atoms with E-state index in [0.717, 1.165) is 0 Å². The first-order chi connectivity index (χ1) is 15.4. The van der Waals surface area contributed by atoms with Crippen molar-refractivity contribution < 1.29 is 17.9 Å². The molecule has 0 saturated carbocycles. The van der Waals surface area contributed by atoms with E-state index in [0.29, 0.717) is 33.6 Å². The number of hydrogen-bond acceptors (Lipinski definition) is 7. The fourth-order valence-corrected chi connectivity index (χ4v) is 3.14. The minimum atomic E-state index is -2.77. The zero-order valence-electron chi connectivity index (χ0n) is 16.8. The van der Waals surface area contributed by atoms with Crippen molar-refractivity contribution in [1.29, 1.82) is 0 Å². The first kappa shape index (κ1) is 21.2. The fraction of sp³-hybridized carbons (Fsp3) is 0.136. The number of nitrogen functional groups attached to an aromatic ring is 1. The normalized spacial score (nSPS) is 11.0. The molecule has 0 fully saturated rings. The second kappa shape index (κ2) is 8.96. The van der Waals surface area contributed by atoms with Gasteiger partial charge in [0.05, 0.1) is 11.3 Å². The SMILES string of the molecule is Cc1cc(-c2c(OCc3cncnc3)nc(N)nc2-c2ccc(F)cc2)cc(C(F)F)n1. The van der Waals surface area contributed by atoms with Crippen LogP contribution in [0, 0.1) is 12.7 Å². The van der Waals surface area contributed by atoms with Gasteiger partial charge in [0.25, 0.3) is 6.43 Å². The summed E-state index contributed by atoms with van der Waals surface area (Å²) in [6, 6.07) is 8.42. The number of hydrogen-bond donors (Lipinski definition) is 1. The second-order valence-corrected chi connectivity index (χ2v) is 6.88. The molecule has 0 atom stereocenters. The van der Waals surface area contributed by atoms with Crippen LogP contribution < -0.4 is 10.5 Å². The zero-order valence-corrected chi connectivity index (χ0v) is 16.8. The van der Waals surface area contributed by atoms with Gasteiger partial charge in [-0.25, -0.2) is 28.1 Å². The van der Waals surface area contributed by atoms with Gasteiger partial charge in [0.1, 0.15) is 24.4 Å². The lowest BCUT2D eigenvalue weighted by atomic mass is 9.99. The second-order valence-electron chi connectivity index (χ2n) is 6.88. The smallest absolute Gasteiger partial charge is 0.280 e. The van der Waals surface area contributed by atoms with Crippen LogP contribution in [0.15, 0.2) is 55.1 Å². The summed E-state index contributed by atoms with van der Waals surface area (Å²) in [5, 5.41) is 0. The molecular formula is C22H17F3N6O. The molecule has 7 nitrogen and oxygen atoms in total. The Morgan fingerprint density at radius 2 is 1.69 bits per heavy atom. The minimum Gasteiger partial charge on any atom is -0.472 e. The Morgan fingerprint density at radius 1 is 0.969 bits per heavy atom. The Kier molecular flexibility index (Phi) is 5.93. The minimum absolute atomic E-state index is 0.0545. The number of ether oxygens (including phenoxy) is 1. The van der Waals surface area contributed by atoms with E-state index in [1.54, 1.807) is 25.4 Å². The summed E-state index contributed by atoms with van der Waals surface area (Å²) in [5.74, 6) is -0.448. The Bertz CT molecular complexity index is 1240. The molecule has 0 saturated heterocycles. The van der Waals surface area contributed by atoms with E-state index in [9.17, 15) is 13.2 Å². The van der Waals surface area contributed by atoms with Crippen LogP contribution in [0.5, 0.6) is 5.88 Å². The Labute approximate surface area is 181 Å². The lowest BCUT2D eigenvalue weighted by molar-refractivity contribution is 0.146. The number of nitrogens with two attached hydrogens (primary N) is 1. The Hall–Kier alpha value is -4.08. The maximum absolute atomic E-state index is 13.5. The van der Waals surface area contributed by atoms with E-state index in [1.807, 2.05) is 0 Å². The monoisotopic (exact) mass is 438 g/mol. The molecule has 0 aliphatic carbocycles. The van der Waals surface area contributed by atoms with Crippen molar-refractivity contribution in [1.82, 2.24) is 24.9 Å². The number of benzene rings is 1. The summed E-state index contributed by atoms with van der Waals surface area (Å²) < 4.78 is 46.3. The molecule has 4 aromatic rings. The molecule has 10 heteroatoms. The molecule has 162 valence electrons. The molecule has 4 rings (SSSR count). The maximum atomic E-state index is 13.5. The van der Waals surface area contributed by atoms with E-state index in [1.165, 1.54) is 36.7 Å². The molecule has 2 N–H and O–H groups in total. The predicted octanol–water partition coefficient (Wildman–Crippen LogP) is 4.54. The number of rotatable bonds is 6. The summed E-state index contributed by atoms with van der Waals surface area (Å²) >= 11 is 0. The number of aromatic nitrogens is 5. The quantitative estimate of drug-likeness (QED) is 0.472. The molecule has 0 aliphatic rings. The van der Waals surface area contributed by atoms with E-state index in [4.69, 9.17) is 10.5 Å². The summed E-state index contributed by atoms with van der Waals surface area (Å²) in [7, 11) is 0. The molecule has 0 spiro atoms. The van der Waals surface area contributed by atoms with E-state index < -0.39 is 17.9 Å². The number of halogens is 3. The van der Waals surface area contributed by atoms with Crippen LogP contribution in [-0.4, -0.2) is 24.9 Å². The zero-order chi connectivity index (χ0) is 22.7. The van der Waals surface area contributed by atoms with Crippen LogP contribution in [0.1, 0.15) is 23.4 Å². The third-order valence-electron chi connectivity index (χ3n) is 4.49. The largest absolute Gasteiger partial charge is 0.472 e. The fourth-order valence-electron chi connectivity index (χ4n) is 3.14. The lowest BCUT2D eigenvalue weighted by Crippen LogP contribution is -2.06. The van der Waals surface area contributed by atoms with Crippen molar-refractivity contribution in [2.45, 2.75) is 20.0 Å². The van der Waals surface area contributed by atoms with Gasteiger partial charge in [-0.1, -0.05) is 0 Å². The highest BCUT2D eigenvalue weighted by atomic mass is 19.3. The average Bonchev–Trinajstić information content (AvgIpc) is 2.78. The summed E-state index contributed by atoms with van der Waals surface area (Å²) in [4.78, 5) is 20.3. The molecule has 0 aliphatic heterocycles. The molecule has 0 amide bonds. The molecule has 3 aromatic heterocycles. The van der Waals surface area contributed by atoms with Crippen molar-refractivity contribution in [2.75, 3.05) is 5.73 Å². The van der Waals surface area contributed by atoms with Gasteiger partial charge in [-0.3, -0.25) is 4.98 Å². The standard InChI is InChI=1S/C22H17F3N6O/c1-12-6-15(7-17(29-12)20(24)25)18-19(14-2-4-16(23)5-3-14)30-22(26)31-21(18)32-10-13-8-27-11-28-9-13/h2-9,11,20H,10H2,1H3,(H2,26,30,31). The first-order valence-corrected chi connectivity index (χ1v) is 9.48. The van der Waals surface area contributed by atoms with Gasteiger partial charge >= 0.3 is 0 Å². The number of aryl methyl sites for hydroxylation is 1. The van der Waals surface area contributed by atoms with Gasteiger partial charge in [0.15, 0.2) is 0 Å². The van der Waals surface area contributed by atoms with Gasteiger partial charge in [-0.05, 0) is 48.9 Å². The third-order valence-corrected chi connectivity index (χ3v) is 4.49. The van der Waals surface area contributed by atoms with E-state index >= 15 is 0 Å². The highest BCUT2D eigenvalue weighted by molar-refractivity contribution is 5.85. The van der Waals surface area contributed by atoms with Gasteiger partial charge in [-0.15, -0.1) is 0 Å². The van der Waals surface area contributed by atoms with Crippen molar-refractivity contribution in [3.8, 4) is 28.3 Å². The summed E-state index contributed by atoms with van der Waals surface area (Å²) in [6.45, 7) is 1.66. The van der Waals surface area contributed by atoms with Crippen molar-refractivity contribution in [3.05, 3.63) is 77.9 Å². The number of nitrogens with zero attached hydrogens (tertiary/aromatic N) is 5. The Morgan fingerprint density at radius 3 is 2.38 bits per heavy atom. The molecule has 0 radical (unpaired) electrons. The van der Waals surface area contributed by atoms with Gasteiger partial charge < -0.3 is 10.5 Å². The molecular weight excluding hydrogens is 421 g/mol. The van der Waals surface area contributed by atoms with Crippen LogP contribution in [0.25, 0.3) is 22.4 Å². The van der Waals surface area contributed by atoms with E-state index in [-0.39, 0.29) is 18.4 Å². The number of anilines is 1. The first-order valence-electron chi connectivity index (χ1n) is 9.48. The van der Waals surface area contributed by atoms with Crippen molar-refractivity contribution >= 4 is 5.95 Å². The Balaban J connectivity index is 1.90. The van der Waals surface area contributed by atoms with Crippen LogP contribution >= 0.6 is 0 Å². The van der Waals surface area contributed by atoms with Crippen LogP contribution in [0.4, 0.5) is 19.1 Å². The van der Waals surface area contributed by atoms with Crippen LogP contribution in [0.3, 0.4) is 0 Å². The highest BCUT2D eigenvalue weighted by Crippen LogP contribution is 2.39. The number of alkyl halides is 2. The maximum Gasteiger partial charge on any atom is 0.280 e. The average molecular weight is 438 g/mol. The molecule has 1 aromatic carbocycles. The topological polar surface area (TPSA) is 99.7 Å². The molecule has 3 heterocycles. The van der Waals surface area contributed by atoms with Crippen molar-refractivity contribution in [3.63, 3.8) is 0 Å². The predicted molar refractivity (Wildman–Crippen MR) is 111 cm³/mol. The van der Waals surface area contributed by atoms with Crippen LogP contribution in [0.2, 0.25) is 0 Å². The lowest BCUT2D eigenvalue weighted by Gasteiger charge is -2.16. The van der Waals surface area contributed by atoms with Crippen molar-refractivity contribution in [2.24, 2.45) is 0 Å². The molecule has 0 bridgehead atoms.